The molecule has 0 fully saturated rings. The van der Waals surface area contributed by atoms with E-state index in [9.17, 15) is 18.0 Å². The van der Waals surface area contributed by atoms with Gasteiger partial charge in [0, 0.05) is 30.2 Å². The molecule has 0 atom stereocenters. The topological polar surface area (TPSA) is 97.2 Å². The summed E-state index contributed by atoms with van der Waals surface area (Å²) in [5.41, 5.74) is 2.21. The first-order valence-corrected chi connectivity index (χ1v) is 10.1. The maximum atomic E-state index is 13.4. The van der Waals surface area contributed by atoms with Crippen LogP contribution in [0.4, 0.5) is 13.2 Å². The van der Waals surface area contributed by atoms with Crippen LogP contribution in [0.3, 0.4) is 0 Å². The molecule has 0 unspecified atom stereocenters. The number of fused-ring (bicyclic) bond motifs is 1. The molecule has 0 saturated carbocycles. The van der Waals surface area contributed by atoms with E-state index in [1.54, 1.807) is 29.2 Å². The molecule has 11 heteroatoms. The van der Waals surface area contributed by atoms with Crippen molar-refractivity contribution in [3.63, 3.8) is 0 Å². The van der Waals surface area contributed by atoms with Crippen molar-refractivity contribution in [1.29, 1.82) is 0 Å². The number of hydrogen-bond acceptors (Lipinski definition) is 4. The van der Waals surface area contributed by atoms with Gasteiger partial charge in [-0.05, 0) is 49.2 Å². The van der Waals surface area contributed by atoms with Crippen molar-refractivity contribution in [2.45, 2.75) is 26.1 Å². The molecule has 4 heterocycles. The minimum absolute atomic E-state index is 0.239. The third kappa shape index (κ3) is 3.81. The van der Waals surface area contributed by atoms with E-state index in [-0.39, 0.29) is 11.5 Å². The second-order valence-corrected chi connectivity index (χ2v) is 7.56. The van der Waals surface area contributed by atoms with Crippen LogP contribution in [0.1, 0.15) is 16.8 Å². The van der Waals surface area contributed by atoms with Crippen molar-refractivity contribution in [2.75, 3.05) is 0 Å². The van der Waals surface area contributed by atoms with Gasteiger partial charge in [-0.15, -0.1) is 0 Å². The molecule has 168 valence electrons. The van der Waals surface area contributed by atoms with E-state index in [2.05, 4.69) is 25.1 Å². The fourth-order valence-electron chi connectivity index (χ4n) is 3.71. The molecule has 0 spiro atoms. The number of aryl methyl sites for hydroxylation is 2. The summed E-state index contributed by atoms with van der Waals surface area (Å²) < 4.78 is 42.1. The average Bonchev–Trinajstić information content (AvgIpc) is 3.48. The second kappa shape index (κ2) is 7.76. The molecule has 0 aliphatic carbocycles. The molecule has 0 bridgehead atoms. The Hall–Kier alpha value is -4.15. The van der Waals surface area contributed by atoms with Gasteiger partial charge in [0.2, 0.25) is 5.95 Å². The number of H-pyrrole nitrogens is 2. The van der Waals surface area contributed by atoms with E-state index in [1.807, 2.05) is 13.0 Å². The Morgan fingerprint density at radius 2 is 1.85 bits per heavy atom. The first-order chi connectivity index (χ1) is 15.8. The minimum Gasteiger partial charge on any atom is -0.321 e. The maximum absolute atomic E-state index is 13.4. The van der Waals surface area contributed by atoms with Crippen LogP contribution in [0.5, 0.6) is 0 Å². The number of nitrogens with one attached hydrogen (secondary N) is 2. The fraction of sp³-hybridized carbons (Fsp3) is 0.182. The Morgan fingerprint density at radius 3 is 2.52 bits per heavy atom. The summed E-state index contributed by atoms with van der Waals surface area (Å²) in [5.74, 6) is 0.239. The molecular formula is C22H18F3N7O. The average molecular weight is 453 g/mol. The maximum Gasteiger partial charge on any atom is 0.416 e. The van der Waals surface area contributed by atoms with Crippen molar-refractivity contribution in [3.8, 4) is 17.2 Å². The van der Waals surface area contributed by atoms with Gasteiger partial charge in [-0.3, -0.25) is 14.6 Å². The van der Waals surface area contributed by atoms with Gasteiger partial charge in [0.15, 0.2) is 5.65 Å². The number of aromatic amines is 2. The molecule has 33 heavy (non-hydrogen) atoms. The summed E-state index contributed by atoms with van der Waals surface area (Å²) in [7, 11) is 0. The van der Waals surface area contributed by atoms with Crippen LogP contribution in [0.15, 0.2) is 59.7 Å². The molecule has 0 amide bonds. The van der Waals surface area contributed by atoms with Crippen LogP contribution in [0.25, 0.3) is 28.4 Å². The lowest BCUT2D eigenvalue weighted by Crippen LogP contribution is -2.19. The Morgan fingerprint density at radius 1 is 1.06 bits per heavy atom. The summed E-state index contributed by atoms with van der Waals surface area (Å²) in [4.78, 5) is 24.9. The predicted octanol–water partition coefficient (Wildman–Crippen LogP) is 3.87. The van der Waals surface area contributed by atoms with Gasteiger partial charge in [-0.25, -0.2) is 4.98 Å². The molecule has 8 nitrogen and oxygen atoms in total. The third-order valence-corrected chi connectivity index (χ3v) is 5.45. The predicted molar refractivity (Wildman–Crippen MR) is 115 cm³/mol. The highest BCUT2D eigenvalue weighted by Crippen LogP contribution is 2.31. The zero-order valence-corrected chi connectivity index (χ0v) is 17.4. The number of halogens is 3. The number of aromatic nitrogens is 7. The number of nitrogens with zero attached hydrogens (tertiary/aromatic N) is 5. The standard InChI is InChI=1S/C22H18F3N7O/c1-13-8-11-27-31(13)12-9-16-18(14-4-6-15(7-5-14)22(23,24)25)30-32(20(16)33)21-28-17-3-2-10-26-19(17)29-21/h2-8,10-11,30H,9,12H2,1H3,(H,26,28,29). The molecule has 0 aliphatic heterocycles. The second-order valence-electron chi connectivity index (χ2n) is 7.56. The Kier molecular flexibility index (Phi) is 4.88. The van der Waals surface area contributed by atoms with Crippen molar-refractivity contribution >= 4 is 11.2 Å². The number of pyridine rings is 1. The molecule has 4 aromatic heterocycles. The molecule has 5 aromatic rings. The van der Waals surface area contributed by atoms with Gasteiger partial charge in [-0.2, -0.15) is 27.9 Å². The number of rotatable bonds is 5. The fourth-order valence-corrected chi connectivity index (χ4v) is 3.71. The van der Waals surface area contributed by atoms with E-state index in [1.165, 1.54) is 16.8 Å². The largest absolute Gasteiger partial charge is 0.416 e. The van der Waals surface area contributed by atoms with Crippen LogP contribution < -0.4 is 5.56 Å². The van der Waals surface area contributed by atoms with E-state index in [0.717, 1.165) is 17.8 Å². The lowest BCUT2D eigenvalue weighted by atomic mass is 10.0. The lowest BCUT2D eigenvalue weighted by Gasteiger charge is -2.08. The highest BCUT2D eigenvalue weighted by molar-refractivity contribution is 5.71. The van der Waals surface area contributed by atoms with Crippen molar-refractivity contribution in [2.24, 2.45) is 0 Å². The van der Waals surface area contributed by atoms with Crippen molar-refractivity contribution in [1.82, 2.24) is 34.5 Å². The number of imidazole rings is 1. The van der Waals surface area contributed by atoms with Gasteiger partial charge in [-0.1, -0.05) is 12.1 Å². The molecule has 0 saturated heterocycles. The van der Waals surface area contributed by atoms with Crippen molar-refractivity contribution < 1.29 is 13.2 Å². The summed E-state index contributed by atoms with van der Waals surface area (Å²) in [5, 5.41) is 7.26. The first kappa shape index (κ1) is 20.7. The summed E-state index contributed by atoms with van der Waals surface area (Å²) >= 11 is 0. The smallest absolute Gasteiger partial charge is 0.321 e. The summed E-state index contributed by atoms with van der Waals surface area (Å²) in [6, 6.07) is 10.1. The molecule has 5 rings (SSSR count). The normalized spacial score (nSPS) is 12.0. The molecule has 2 N–H and O–H groups in total. The lowest BCUT2D eigenvalue weighted by molar-refractivity contribution is -0.137. The number of hydrogen-bond donors (Lipinski definition) is 2. The SMILES string of the molecule is Cc1ccnn1CCc1c(-c2ccc(C(F)(F)F)cc2)[nH]n(-c2nc3ncccc3[nH]2)c1=O. The zero-order valence-electron chi connectivity index (χ0n) is 17.4. The van der Waals surface area contributed by atoms with Crippen LogP contribution in [-0.4, -0.2) is 34.5 Å². The van der Waals surface area contributed by atoms with E-state index in [0.29, 0.717) is 41.0 Å². The first-order valence-electron chi connectivity index (χ1n) is 10.1. The van der Waals surface area contributed by atoms with Crippen LogP contribution in [0.2, 0.25) is 0 Å². The van der Waals surface area contributed by atoms with Gasteiger partial charge < -0.3 is 4.98 Å². The van der Waals surface area contributed by atoms with Gasteiger partial charge in [0.1, 0.15) is 0 Å². The van der Waals surface area contributed by atoms with Crippen LogP contribution in [-0.2, 0) is 19.1 Å². The Bertz CT molecular complexity index is 1460. The third-order valence-electron chi connectivity index (χ3n) is 5.45. The van der Waals surface area contributed by atoms with E-state index in [4.69, 9.17) is 0 Å². The quantitative estimate of drug-likeness (QED) is 0.422. The van der Waals surface area contributed by atoms with Crippen LogP contribution >= 0.6 is 0 Å². The highest BCUT2D eigenvalue weighted by Gasteiger charge is 2.30. The van der Waals surface area contributed by atoms with E-state index >= 15 is 0 Å². The zero-order chi connectivity index (χ0) is 23.2. The molecule has 1 aromatic carbocycles. The van der Waals surface area contributed by atoms with E-state index < -0.39 is 11.7 Å². The molecule has 0 aliphatic rings. The number of benzene rings is 1. The van der Waals surface area contributed by atoms with Gasteiger partial charge in [0.05, 0.1) is 16.8 Å². The molecular weight excluding hydrogens is 435 g/mol. The van der Waals surface area contributed by atoms with Gasteiger partial charge in [0.25, 0.3) is 5.56 Å². The van der Waals surface area contributed by atoms with Crippen molar-refractivity contribution in [3.05, 3.63) is 82.0 Å². The minimum atomic E-state index is -4.44. The summed E-state index contributed by atoms with van der Waals surface area (Å²) in [6.45, 7) is 2.34. The summed E-state index contributed by atoms with van der Waals surface area (Å²) in [6.07, 6.45) is -0.863. The molecule has 0 radical (unpaired) electrons. The van der Waals surface area contributed by atoms with Crippen LogP contribution in [0, 0.1) is 6.92 Å². The highest BCUT2D eigenvalue weighted by atomic mass is 19.4. The Balaban J connectivity index is 1.60. The Labute approximate surface area is 184 Å². The van der Waals surface area contributed by atoms with Gasteiger partial charge >= 0.3 is 6.18 Å². The monoisotopic (exact) mass is 453 g/mol. The number of alkyl halides is 3.